The monoisotopic (exact) mass is 246 g/mol. The second kappa shape index (κ2) is 5.21. The maximum absolute atomic E-state index is 5.94. The maximum atomic E-state index is 5.94. The molecule has 0 radical (unpaired) electrons. The quantitative estimate of drug-likeness (QED) is 0.744. The highest BCUT2D eigenvalue weighted by molar-refractivity contribution is 6.18. The van der Waals surface area contributed by atoms with Gasteiger partial charge in [-0.15, -0.1) is 11.6 Å². The Bertz CT molecular complexity index is 231. The summed E-state index contributed by atoms with van der Waals surface area (Å²) in [5.74, 6) is 0.730. The standard InChI is InChI=1S/C12H23ClN2O/c1-10(2)15-5-6-16-11(8-15)7-14-12(9-13)3-4-12/h10-11,14H,3-9H2,1-2H3. The molecule has 1 unspecified atom stereocenters. The number of morpholine rings is 1. The van der Waals surface area contributed by atoms with Crippen LogP contribution in [-0.4, -0.2) is 54.7 Å². The molecule has 0 aromatic rings. The highest BCUT2D eigenvalue weighted by atomic mass is 35.5. The van der Waals surface area contributed by atoms with E-state index in [0.717, 1.165) is 32.1 Å². The molecule has 1 saturated carbocycles. The summed E-state index contributed by atoms with van der Waals surface area (Å²) in [4.78, 5) is 2.48. The summed E-state index contributed by atoms with van der Waals surface area (Å²) >= 11 is 5.94. The maximum Gasteiger partial charge on any atom is 0.0827 e. The molecular formula is C12H23ClN2O. The summed E-state index contributed by atoms with van der Waals surface area (Å²) in [6.45, 7) is 8.40. The summed E-state index contributed by atoms with van der Waals surface area (Å²) in [5, 5.41) is 3.57. The number of ether oxygens (including phenoxy) is 1. The van der Waals surface area contributed by atoms with E-state index in [4.69, 9.17) is 16.3 Å². The Hall–Kier alpha value is 0.170. The first-order valence-corrected chi connectivity index (χ1v) is 6.85. The van der Waals surface area contributed by atoms with Gasteiger partial charge < -0.3 is 10.1 Å². The first-order chi connectivity index (χ1) is 7.65. The van der Waals surface area contributed by atoms with Crippen LogP contribution in [0.5, 0.6) is 0 Å². The van der Waals surface area contributed by atoms with E-state index in [2.05, 4.69) is 24.1 Å². The molecule has 1 heterocycles. The van der Waals surface area contributed by atoms with Gasteiger partial charge in [-0.25, -0.2) is 0 Å². The molecule has 3 nitrogen and oxygen atoms in total. The van der Waals surface area contributed by atoms with Crippen LogP contribution in [0.15, 0.2) is 0 Å². The summed E-state index contributed by atoms with van der Waals surface area (Å²) in [7, 11) is 0. The fourth-order valence-electron chi connectivity index (χ4n) is 2.17. The topological polar surface area (TPSA) is 24.5 Å². The Labute approximate surface area is 103 Å². The molecule has 0 aromatic heterocycles. The number of hydrogen-bond acceptors (Lipinski definition) is 3. The average Bonchev–Trinajstić information content (AvgIpc) is 3.07. The number of hydrogen-bond donors (Lipinski definition) is 1. The normalized spacial score (nSPS) is 29.6. The predicted molar refractivity (Wildman–Crippen MR) is 67.1 cm³/mol. The van der Waals surface area contributed by atoms with Gasteiger partial charge in [0.15, 0.2) is 0 Å². The third kappa shape index (κ3) is 3.10. The van der Waals surface area contributed by atoms with Gasteiger partial charge in [-0.05, 0) is 26.7 Å². The van der Waals surface area contributed by atoms with Crippen LogP contribution in [0.1, 0.15) is 26.7 Å². The minimum absolute atomic E-state index is 0.241. The van der Waals surface area contributed by atoms with Gasteiger partial charge in [0, 0.05) is 37.1 Å². The molecular weight excluding hydrogens is 224 g/mol. The lowest BCUT2D eigenvalue weighted by Gasteiger charge is -2.36. The van der Waals surface area contributed by atoms with E-state index in [1.165, 1.54) is 12.8 Å². The Kier molecular flexibility index (Phi) is 4.11. The Morgan fingerprint density at radius 3 is 2.81 bits per heavy atom. The van der Waals surface area contributed by atoms with Crippen LogP contribution in [0, 0.1) is 0 Å². The molecule has 1 saturated heterocycles. The Balaban J connectivity index is 1.73. The van der Waals surface area contributed by atoms with Crippen molar-refractivity contribution in [3.63, 3.8) is 0 Å². The SMILES string of the molecule is CC(C)N1CCOC(CNC2(CCl)CC2)C1. The van der Waals surface area contributed by atoms with Crippen LogP contribution < -0.4 is 5.32 Å². The number of halogens is 1. The van der Waals surface area contributed by atoms with E-state index in [1.54, 1.807) is 0 Å². The number of alkyl halides is 1. The van der Waals surface area contributed by atoms with Crippen molar-refractivity contribution >= 4 is 11.6 Å². The lowest BCUT2D eigenvalue weighted by Crippen LogP contribution is -2.50. The Morgan fingerprint density at radius 1 is 1.50 bits per heavy atom. The molecule has 94 valence electrons. The summed E-state index contributed by atoms with van der Waals surface area (Å²) in [6.07, 6.45) is 2.77. The summed E-state index contributed by atoms with van der Waals surface area (Å²) in [5.41, 5.74) is 0.241. The van der Waals surface area contributed by atoms with Gasteiger partial charge in [0.1, 0.15) is 0 Å². The number of nitrogens with one attached hydrogen (secondary N) is 1. The lowest BCUT2D eigenvalue weighted by molar-refractivity contribution is -0.0382. The van der Waals surface area contributed by atoms with Crippen LogP contribution in [0.25, 0.3) is 0 Å². The molecule has 0 amide bonds. The minimum atomic E-state index is 0.241. The molecule has 16 heavy (non-hydrogen) atoms. The van der Waals surface area contributed by atoms with Crippen LogP contribution >= 0.6 is 11.6 Å². The van der Waals surface area contributed by atoms with Gasteiger partial charge in [0.2, 0.25) is 0 Å². The van der Waals surface area contributed by atoms with Crippen molar-refractivity contribution in [2.45, 2.75) is 44.4 Å². The molecule has 0 bridgehead atoms. The van der Waals surface area contributed by atoms with E-state index in [9.17, 15) is 0 Å². The molecule has 2 aliphatic rings. The third-order valence-corrected chi connectivity index (χ3v) is 4.23. The molecule has 0 spiro atoms. The number of rotatable bonds is 5. The predicted octanol–water partition coefficient (Wildman–Crippen LogP) is 1.46. The van der Waals surface area contributed by atoms with Crippen LogP contribution in [0.4, 0.5) is 0 Å². The smallest absolute Gasteiger partial charge is 0.0827 e. The van der Waals surface area contributed by atoms with Gasteiger partial charge >= 0.3 is 0 Å². The zero-order chi connectivity index (χ0) is 11.6. The van der Waals surface area contributed by atoms with Gasteiger partial charge in [0.05, 0.1) is 12.7 Å². The van der Waals surface area contributed by atoms with Gasteiger partial charge in [0.25, 0.3) is 0 Å². The zero-order valence-corrected chi connectivity index (χ0v) is 11.1. The van der Waals surface area contributed by atoms with E-state index in [1.807, 2.05) is 0 Å². The molecule has 1 aliphatic carbocycles. The second-order valence-corrected chi connectivity index (χ2v) is 5.64. The largest absolute Gasteiger partial charge is 0.374 e. The van der Waals surface area contributed by atoms with E-state index in [0.29, 0.717) is 12.1 Å². The molecule has 1 aliphatic heterocycles. The zero-order valence-electron chi connectivity index (χ0n) is 10.3. The third-order valence-electron chi connectivity index (χ3n) is 3.71. The van der Waals surface area contributed by atoms with Crippen LogP contribution in [-0.2, 0) is 4.74 Å². The van der Waals surface area contributed by atoms with Crippen molar-refractivity contribution in [1.82, 2.24) is 10.2 Å². The Morgan fingerprint density at radius 2 is 2.25 bits per heavy atom. The highest BCUT2D eigenvalue weighted by Gasteiger charge is 2.41. The van der Waals surface area contributed by atoms with Gasteiger partial charge in [-0.2, -0.15) is 0 Å². The van der Waals surface area contributed by atoms with Crippen molar-refractivity contribution in [2.24, 2.45) is 0 Å². The number of nitrogens with zero attached hydrogens (tertiary/aromatic N) is 1. The molecule has 1 N–H and O–H groups in total. The molecule has 4 heteroatoms. The van der Waals surface area contributed by atoms with Crippen molar-refractivity contribution < 1.29 is 4.74 Å². The fourth-order valence-corrected chi connectivity index (χ4v) is 2.54. The summed E-state index contributed by atoms with van der Waals surface area (Å²) in [6, 6.07) is 0.620. The van der Waals surface area contributed by atoms with Crippen molar-refractivity contribution in [1.29, 1.82) is 0 Å². The van der Waals surface area contributed by atoms with E-state index >= 15 is 0 Å². The first kappa shape index (κ1) is 12.6. The first-order valence-electron chi connectivity index (χ1n) is 6.32. The van der Waals surface area contributed by atoms with Gasteiger partial charge in [-0.1, -0.05) is 0 Å². The van der Waals surface area contributed by atoms with E-state index < -0.39 is 0 Å². The summed E-state index contributed by atoms with van der Waals surface area (Å²) < 4.78 is 5.78. The highest BCUT2D eigenvalue weighted by Crippen LogP contribution is 2.36. The molecule has 2 fully saturated rings. The minimum Gasteiger partial charge on any atom is -0.374 e. The van der Waals surface area contributed by atoms with Crippen LogP contribution in [0.2, 0.25) is 0 Å². The van der Waals surface area contributed by atoms with Crippen LogP contribution in [0.3, 0.4) is 0 Å². The van der Waals surface area contributed by atoms with E-state index in [-0.39, 0.29) is 5.54 Å². The second-order valence-electron chi connectivity index (χ2n) is 5.38. The van der Waals surface area contributed by atoms with Gasteiger partial charge in [-0.3, -0.25) is 4.90 Å². The fraction of sp³-hybridized carbons (Fsp3) is 1.00. The molecule has 2 rings (SSSR count). The van der Waals surface area contributed by atoms with Crippen molar-refractivity contribution in [2.75, 3.05) is 32.1 Å². The van der Waals surface area contributed by atoms with Crippen molar-refractivity contribution in [3.8, 4) is 0 Å². The van der Waals surface area contributed by atoms with Crippen molar-refractivity contribution in [3.05, 3.63) is 0 Å². The molecule has 0 aromatic carbocycles. The lowest BCUT2D eigenvalue weighted by atomic mass is 10.2. The average molecular weight is 247 g/mol. The molecule has 1 atom stereocenters.